The number of carbonyl (C=O) groups excluding carboxylic acids is 4. The van der Waals surface area contributed by atoms with Crippen LogP contribution in [-0.2, 0) is 20.1 Å². The van der Waals surface area contributed by atoms with Crippen LogP contribution in [0.4, 0.5) is 22.7 Å². The number of nitrogens with zero attached hydrogens (tertiary/aromatic N) is 1. The molecule has 1 fully saturated rings. The summed E-state index contributed by atoms with van der Waals surface area (Å²) in [6, 6.07) is 31.5. The lowest BCUT2D eigenvalue weighted by Crippen LogP contribution is -2.39. The molecule has 4 aromatic rings. The lowest BCUT2D eigenvalue weighted by Gasteiger charge is -2.19. The zero-order valence-corrected chi connectivity index (χ0v) is 24.9. The Hall–Kier alpha value is -5.09. The Bertz CT molecular complexity index is 1630. The van der Waals surface area contributed by atoms with Crippen molar-refractivity contribution in [2.24, 2.45) is 0 Å². The fourth-order valence-corrected chi connectivity index (χ4v) is 5.91. The Labute approximate surface area is 260 Å². The van der Waals surface area contributed by atoms with Gasteiger partial charge in [0.2, 0.25) is 11.8 Å². The molecule has 0 radical (unpaired) electrons. The van der Waals surface area contributed by atoms with Crippen LogP contribution in [0.3, 0.4) is 0 Å². The van der Waals surface area contributed by atoms with Gasteiger partial charge in [0.25, 0.3) is 5.91 Å². The number of amides is 3. The molecule has 0 saturated carbocycles. The number of carbonyl (C=O) groups is 4. The second kappa shape index (κ2) is 14.4. The molecule has 44 heavy (non-hydrogen) atoms. The fraction of sp³-hybridized carbons (Fsp3) is 0.176. The molecular weight excluding hydrogens is 576 g/mol. The first kappa shape index (κ1) is 30.4. The number of esters is 1. The largest absolute Gasteiger partial charge is 0.465 e. The number of anilines is 4. The summed E-state index contributed by atoms with van der Waals surface area (Å²) in [7, 11) is 1.30. The molecule has 224 valence electrons. The molecular formula is C34H32N4O5S. The number of thioether (sulfide) groups is 1. The smallest absolute Gasteiger partial charge is 0.340 e. The first-order valence-electron chi connectivity index (χ1n) is 14.1. The number of nitrogens with one attached hydrogen (secondary N) is 3. The third-order valence-corrected chi connectivity index (χ3v) is 8.30. The molecule has 0 aromatic heterocycles. The van der Waals surface area contributed by atoms with Gasteiger partial charge in [-0.2, -0.15) is 0 Å². The van der Waals surface area contributed by atoms with Crippen LogP contribution in [0, 0.1) is 0 Å². The third kappa shape index (κ3) is 7.45. The molecule has 1 unspecified atom stereocenters. The van der Waals surface area contributed by atoms with Crippen molar-refractivity contribution in [1.82, 2.24) is 10.2 Å². The average Bonchev–Trinajstić information content (AvgIpc) is 3.33. The molecule has 1 aliphatic rings. The zero-order chi connectivity index (χ0) is 30.9. The summed E-state index contributed by atoms with van der Waals surface area (Å²) in [6.45, 7) is 0.125. The molecule has 10 heteroatoms. The predicted octanol–water partition coefficient (Wildman–Crippen LogP) is 5.75. The van der Waals surface area contributed by atoms with Gasteiger partial charge < -0.3 is 20.7 Å². The van der Waals surface area contributed by atoms with Gasteiger partial charge in [-0.25, -0.2) is 4.79 Å². The van der Waals surface area contributed by atoms with Crippen molar-refractivity contribution in [1.29, 1.82) is 0 Å². The van der Waals surface area contributed by atoms with E-state index in [4.69, 9.17) is 4.74 Å². The lowest BCUT2D eigenvalue weighted by molar-refractivity contribution is -0.138. The highest BCUT2D eigenvalue weighted by Gasteiger charge is 2.38. The van der Waals surface area contributed by atoms with Gasteiger partial charge in [0.1, 0.15) is 0 Å². The van der Waals surface area contributed by atoms with Crippen LogP contribution in [0.15, 0.2) is 103 Å². The maximum Gasteiger partial charge on any atom is 0.340 e. The quantitative estimate of drug-likeness (QED) is 0.138. The summed E-state index contributed by atoms with van der Waals surface area (Å²) in [5.41, 5.74) is 3.79. The van der Waals surface area contributed by atoms with E-state index >= 15 is 0 Å². The van der Waals surface area contributed by atoms with Crippen molar-refractivity contribution >= 4 is 58.2 Å². The van der Waals surface area contributed by atoms with Gasteiger partial charge in [0, 0.05) is 36.6 Å². The van der Waals surface area contributed by atoms with Crippen LogP contribution in [0.2, 0.25) is 0 Å². The minimum Gasteiger partial charge on any atom is -0.465 e. The number of imide groups is 1. The van der Waals surface area contributed by atoms with Gasteiger partial charge >= 0.3 is 5.97 Å². The minimum absolute atomic E-state index is 0.0582. The average molecular weight is 609 g/mol. The summed E-state index contributed by atoms with van der Waals surface area (Å²) in [5.74, 6) is -0.874. The first-order chi connectivity index (χ1) is 21.4. The van der Waals surface area contributed by atoms with Gasteiger partial charge in [0.05, 0.1) is 34.9 Å². The van der Waals surface area contributed by atoms with E-state index in [9.17, 15) is 19.2 Å². The van der Waals surface area contributed by atoms with Crippen molar-refractivity contribution in [2.75, 3.05) is 30.8 Å². The molecule has 0 bridgehead atoms. The molecule has 4 aromatic carbocycles. The molecule has 1 heterocycles. The Morgan fingerprint density at radius 1 is 0.818 bits per heavy atom. The third-order valence-electron chi connectivity index (χ3n) is 7.03. The predicted molar refractivity (Wildman–Crippen MR) is 172 cm³/mol. The van der Waals surface area contributed by atoms with Crippen molar-refractivity contribution in [3.63, 3.8) is 0 Å². The molecule has 1 atom stereocenters. The van der Waals surface area contributed by atoms with Gasteiger partial charge in [-0.1, -0.05) is 66.7 Å². The van der Waals surface area contributed by atoms with Crippen molar-refractivity contribution in [2.45, 2.75) is 17.4 Å². The van der Waals surface area contributed by atoms with Crippen LogP contribution in [0.1, 0.15) is 32.7 Å². The number of rotatable bonds is 12. The Morgan fingerprint density at radius 2 is 1.36 bits per heavy atom. The standard InChI is InChI=1S/C34H32N4O5S/c1-43-34(42)27-20-28(36-24-13-7-3-8-14-24)26(19-29(27)37-25-15-9-4-10-16-25)32(40)35-17-18-38-31(39)21-30(33(38)41)44-22-23-11-5-2-6-12-23/h2-16,19-20,30,36-37H,17-18,21-22H2,1H3,(H,35,40). The summed E-state index contributed by atoms with van der Waals surface area (Å²) >= 11 is 1.45. The normalized spacial score (nSPS) is 14.3. The molecule has 1 saturated heterocycles. The van der Waals surface area contributed by atoms with Crippen molar-refractivity contribution < 1.29 is 23.9 Å². The molecule has 3 N–H and O–H groups in total. The topological polar surface area (TPSA) is 117 Å². The van der Waals surface area contributed by atoms with E-state index in [1.54, 1.807) is 12.1 Å². The van der Waals surface area contributed by atoms with E-state index in [0.717, 1.165) is 11.3 Å². The lowest BCUT2D eigenvalue weighted by atomic mass is 10.0. The second-order valence-electron chi connectivity index (χ2n) is 10.0. The number of ether oxygens (including phenoxy) is 1. The number of benzene rings is 4. The monoisotopic (exact) mass is 608 g/mol. The zero-order valence-electron chi connectivity index (χ0n) is 24.1. The summed E-state index contributed by atoms with van der Waals surface area (Å²) in [5, 5.41) is 8.83. The van der Waals surface area contributed by atoms with Gasteiger partial charge in [0.15, 0.2) is 0 Å². The van der Waals surface area contributed by atoms with Crippen LogP contribution in [-0.4, -0.2) is 54.0 Å². The van der Waals surface area contributed by atoms with E-state index in [0.29, 0.717) is 22.8 Å². The minimum atomic E-state index is -0.572. The van der Waals surface area contributed by atoms with Crippen LogP contribution in [0.25, 0.3) is 0 Å². The van der Waals surface area contributed by atoms with E-state index in [2.05, 4.69) is 16.0 Å². The van der Waals surface area contributed by atoms with Crippen LogP contribution < -0.4 is 16.0 Å². The maximum absolute atomic E-state index is 13.6. The van der Waals surface area contributed by atoms with E-state index in [1.165, 1.54) is 23.8 Å². The number of hydrogen-bond donors (Lipinski definition) is 3. The number of methoxy groups -OCH3 is 1. The summed E-state index contributed by atoms with van der Waals surface area (Å²) in [4.78, 5) is 53.3. The van der Waals surface area contributed by atoms with E-state index in [-0.39, 0.29) is 42.5 Å². The highest BCUT2D eigenvalue weighted by molar-refractivity contribution is 7.99. The van der Waals surface area contributed by atoms with Crippen LogP contribution >= 0.6 is 11.8 Å². The molecule has 0 aliphatic carbocycles. The molecule has 9 nitrogen and oxygen atoms in total. The first-order valence-corrected chi connectivity index (χ1v) is 15.2. The van der Waals surface area contributed by atoms with Gasteiger partial charge in [-0.3, -0.25) is 19.3 Å². The summed E-state index contributed by atoms with van der Waals surface area (Å²) in [6.07, 6.45) is 0.138. The van der Waals surface area contributed by atoms with Crippen molar-refractivity contribution in [3.8, 4) is 0 Å². The Balaban J connectivity index is 1.32. The molecule has 0 spiro atoms. The Morgan fingerprint density at radius 3 is 1.95 bits per heavy atom. The molecule has 1 aliphatic heterocycles. The SMILES string of the molecule is COC(=O)c1cc(Nc2ccccc2)c(C(=O)NCCN2C(=O)CC(SCc3ccccc3)C2=O)cc1Nc1ccccc1. The van der Waals surface area contributed by atoms with Gasteiger partial charge in [-0.15, -0.1) is 11.8 Å². The number of para-hydroxylation sites is 2. The Kier molecular flexibility index (Phi) is 9.93. The second-order valence-corrected chi connectivity index (χ2v) is 11.2. The van der Waals surface area contributed by atoms with Crippen molar-refractivity contribution in [3.05, 3.63) is 120 Å². The number of hydrogen-bond acceptors (Lipinski definition) is 8. The number of likely N-dealkylation sites (tertiary alicyclic amines) is 1. The highest BCUT2D eigenvalue weighted by atomic mass is 32.2. The van der Waals surface area contributed by atoms with Crippen LogP contribution in [0.5, 0.6) is 0 Å². The molecule has 3 amide bonds. The maximum atomic E-state index is 13.6. The van der Waals surface area contributed by atoms with E-state index < -0.39 is 17.1 Å². The summed E-state index contributed by atoms with van der Waals surface area (Å²) < 4.78 is 5.03. The van der Waals surface area contributed by atoms with Gasteiger partial charge in [-0.05, 0) is 42.0 Å². The fourth-order valence-electron chi connectivity index (χ4n) is 4.79. The van der Waals surface area contributed by atoms with E-state index in [1.807, 2.05) is 91.0 Å². The molecule has 5 rings (SSSR count). The highest BCUT2D eigenvalue weighted by Crippen LogP contribution is 2.31.